The standard InChI is InChI=1S/C20H17N3O3S/c1-13(11-21)12-27-20-22-17-10-14(19(25)26-2)8-9-16(17)18(24)23(20)15-6-4-3-5-7-15/h3-10,13H,12H2,1-2H3/t13-/m0/s1. The monoisotopic (exact) mass is 379 g/mol. The molecule has 0 radical (unpaired) electrons. The van der Waals surface area contributed by atoms with Crippen molar-refractivity contribution in [1.29, 1.82) is 5.26 Å². The molecule has 0 unspecified atom stereocenters. The van der Waals surface area contributed by atoms with Gasteiger partial charge in [-0.3, -0.25) is 9.36 Å². The van der Waals surface area contributed by atoms with Crippen LogP contribution in [0, 0.1) is 17.2 Å². The minimum absolute atomic E-state index is 0.187. The van der Waals surface area contributed by atoms with Gasteiger partial charge in [-0.1, -0.05) is 30.0 Å². The number of ether oxygens (including phenoxy) is 1. The number of rotatable bonds is 5. The Morgan fingerprint density at radius 3 is 2.70 bits per heavy atom. The number of para-hydroxylation sites is 1. The van der Waals surface area contributed by atoms with Crippen molar-refractivity contribution in [3.8, 4) is 11.8 Å². The lowest BCUT2D eigenvalue weighted by molar-refractivity contribution is 0.0601. The number of hydrogen-bond donors (Lipinski definition) is 0. The molecule has 3 rings (SSSR count). The van der Waals surface area contributed by atoms with Gasteiger partial charge in [0.15, 0.2) is 5.16 Å². The molecule has 0 aliphatic rings. The van der Waals surface area contributed by atoms with Crippen molar-refractivity contribution in [3.63, 3.8) is 0 Å². The van der Waals surface area contributed by atoms with Gasteiger partial charge < -0.3 is 4.74 Å². The van der Waals surface area contributed by atoms with Gasteiger partial charge in [0.25, 0.3) is 5.56 Å². The largest absolute Gasteiger partial charge is 0.465 e. The molecule has 1 atom stereocenters. The Hall–Kier alpha value is -3.11. The smallest absolute Gasteiger partial charge is 0.337 e. The maximum absolute atomic E-state index is 13.1. The predicted octanol–water partition coefficient (Wildman–Crippen LogP) is 3.42. The highest BCUT2D eigenvalue weighted by Crippen LogP contribution is 2.23. The second-order valence-corrected chi connectivity index (χ2v) is 6.92. The minimum Gasteiger partial charge on any atom is -0.465 e. The molecule has 0 saturated heterocycles. The van der Waals surface area contributed by atoms with Crippen molar-refractivity contribution in [1.82, 2.24) is 9.55 Å². The highest BCUT2D eigenvalue weighted by molar-refractivity contribution is 7.99. The average molecular weight is 379 g/mol. The Balaban J connectivity index is 2.21. The van der Waals surface area contributed by atoms with E-state index in [0.29, 0.717) is 33.1 Å². The molecular formula is C20H17N3O3S. The lowest BCUT2D eigenvalue weighted by Gasteiger charge is -2.14. The zero-order chi connectivity index (χ0) is 19.4. The molecule has 0 amide bonds. The van der Waals surface area contributed by atoms with Crippen LogP contribution >= 0.6 is 11.8 Å². The van der Waals surface area contributed by atoms with E-state index in [0.717, 1.165) is 0 Å². The molecule has 136 valence electrons. The minimum atomic E-state index is -0.488. The Labute approximate surface area is 160 Å². The number of carbonyl (C=O) groups is 1. The molecule has 0 N–H and O–H groups in total. The van der Waals surface area contributed by atoms with Crippen LogP contribution in [-0.2, 0) is 4.74 Å². The Morgan fingerprint density at radius 1 is 1.30 bits per heavy atom. The zero-order valence-corrected chi connectivity index (χ0v) is 15.7. The number of thioether (sulfide) groups is 1. The fraction of sp³-hybridized carbons (Fsp3) is 0.200. The van der Waals surface area contributed by atoms with E-state index in [1.165, 1.54) is 23.4 Å². The summed E-state index contributed by atoms with van der Waals surface area (Å²) in [7, 11) is 1.30. The van der Waals surface area contributed by atoms with E-state index in [1.54, 1.807) is 18.2 Å². The molecule has 3 aromatic rings. The second kappa shape index (κ2) is 8.06. The highest BCUT2D eigenvalue weighted by Gasteiger charge is 2.16. The van der Waals surface area contributed by atoms with Crippen LogP contribution in [-0.4, -0.2) is 28.4 Å². The summed E-state index contributed by atoms with van der Waals surface area (Å²) in [6.45, 7) is 1.81. The normalized spacial score (nSPS) is 11.7. The molecule has 0 spiro atoms. The number of nitriles is 1. The molecule has 1 heterocycles. The number of benzene rings is 2. The van der Waals surface area contributed by atoms with E-state index in [9.17, 15) is 9.59 Å². The first-order valence-corrected chi connectivity index (χ1v) is 9.26. The molecule has 0 aliphatic heterocycles. The fourth-order valence-electron chi connectivity index (χ4n) is 2.55. The molecule has 1 aromatic heterocycles. The van der Waals surface area contributed by atoms with E-state index in [1.807, 2.05) is 37.3 Å². The second-order valence-electron chi connectivity index (χ2n) is 5.94. The third-order valence-corrected chi connectivity index (χ3v) is 5.16. The Morgan fingerprint density at radius 2 is 2.04 bits per heavy atom. The first-order valence-electron chi connectivity index (χ1n) is 8.28. The van der Waals surface area contributed by atoms with Gasteiger partial charge in [-0.05, 0) is 37.3 Å². The Kier molecular flexibility index (Phi) is 5.57. The average Bonchev–Trinajstić information content (AvgIpc) is 2.71. The van der Waals surface area contributed by atoms with Crippen molar-refractivity contribution in [2.24, 2.45) is 5.92 Å². The number of aromatic nitrogens is 2. The van der Waals surface area contributed by atoms with Gasteiger partial charge in [0, 0.05) is 5.75 Å². The van der Waals surface area contributed by atoms with Crippen LogP contribution in [0.3, 0.4) is 0 Å². The number of nitrogens with zero attached hydrogens (tertiary/aromatic N) is 3. The summed E-state index contributed by atoms with van der Waals surface area (Å²) in [5.41, 5.74) is 1.22. The van der Waals surface area contributed by atoms with Crippen molar-refractivity contribution < 1.29 is 9.53 Å². The maximum Gasteiger partial charge on any atom is 0.337 e. The van der Waals surface area contributed by atoms with Crippen molar-refractivity contribution in [2.75, 3.05) is 12.9 Å². The van der Waals surface area contributed by atoms with Crippen molar-refractivity contribution in [2.45, 2.75) is 12.1 Å². The molecule has 2 aromatic carbocycles. The van der Waals surface area contributed by atoms with Crippen LogP contribution in [0.25, 0.3) is 16.6 Å². The predicted molar refractivity (Wildman–Crippen MR) is 104 cm³/mol. The van der Waals surface area contributed by atoms with Crippen LogP contribution < -0.4 is 5.56 Å². The van der Waals surface area contributed by atoms with Crippen LogP contribution in [0.5, 0.6) is 0 Å². The van der Waals surface area contributed by atoms with E-state index in [4.69, 9.17) is 10.00 Å². The molecule has 0 saturated carbocycles. The molecule has 0 fully saturated rings. The van der Waals surface area contributed by atoms with Gasteiger partial charge >= 0.3 is 5.97 Å². The van der Waals surface area contributed by atoms with Gasteiger partial charge in [0.1, 0.15) is 0 Å². The maximum atomic E-state index is 13.1. The van der Waals surface area contributed by atoms with Crippen LogP contribution in [0.2, 0.25) is 0 Å². The van der Waals surface area contributed by atoms with Gasteiger partial charge in [0.2, 0.25) is 0 Å². The van der Waals surface area contributed by atoms with E-state index < -0.39 is 5.97 Å². The van der Waals surface area contributed by atoms with Gasteiger partial charge in [-0.25, -0.2) is 9.78 Å². The first kappa shape index (κ1) is 18.7. The van der Waals surface area contributed by atoms with Crippen LogP contribution in [0.4, 0.5) is 0 Å². The molecule has 27 heavy (non-hydrogen) atoms. The molecule has 7 heteroatoms. The van der Waals surface area contributed by atoms with E-state index >= 15 is 0 Å². The number of hydrogen-bond acceptors (Lipinski definition) is 6. The van der Waals surface area contributed by atoms with Gasteiger partial charge in [-0.2, -0.15) is 5.26 Å². The third kappa shape index (κ3) is 3.86. The van der Waals surface area contributed by atoms with Gasteiger partial charge in [-0.15, -0.1) is 0 Å². The number of fused-ring (bicyclic) bond motifs is 1. The summed E-state index contributed by atoms with van der Waals surface area (Å²) in [4.78, 5) is 29.5. The summed E-state index contributed by atoms with van der Waals surface area (Å²) >= 11 is 1.34. The first-order chi connectivity index (χ1) is 13.0. The van der Waals surface area contributed by atoms with Gasteiger partial charge in [0.05, 0.1) is 41.3 Å². The van der Waals surface area contributed by atoms with Crippen molar-refractivity contribution >= 4 is 28.6 Å². The molecule has 6 nitrogen and oxygen atoms in total. The van der Waals surface area contributed by atoms with Crippen LogP contribution in [0.1, 0.15) is 17.3 Å². The summed E-state index contributed by atoms with van der Waals surface area (Å²) in [5, 5.41) is 9.93. The number of methoxy groups -OCH3 is 1. The zero-order valence-electron chi connectivity index (χ0n) is 14.9. The SMILES string of the molecule is COC(=O)c1ccc2c(=O)n(-c3ccccc3)c(SC[C@@H](C)C#N)nc2c1. The number of carbonyl (C=O) groups excluding carboxylic acids is 1. The third-order valence-electron chi connectivity index (χ3n) is 3.96. The lowest BCUT2D eigenvalue weighted by Crippen LogP contribution is -2.22. The van der Waals surface area contributed by atoms with E-state index in [-0.39, 0.29) is 11.5 Å². The topological polar surface area (TPSA) is 85.0 Å². The Bertz CT molecular complexity index is 1090. The summed E-state index contributed by atoms with van der Waals surface area (Å²) in [5.74, 6) is -0.177. The molecular weight excluding hydrogens is 362 g/mol. The lowest BCUT2D eigenvalue weighted by atomic mass is 10.1. The van der Waals surface area contributed by atoms with Crippen LogP contribution in [0.15, 0.2) is 58.5 Å². The number of esters is 1. The van der Waals surface area contributed by atoms with Crippen molar-refractivity contribution in [3.05, 3.63) is 64.4 Å². The summed E-state index contributed by atoms with van der Waals surface area (Å²) in [6, 6.07) is 16.1. The van der Waals surface area contributed by atoms with E-state index in [2.05, 4.69) is 11.1 Å². The highest BCUT2D eigenvalue weighted by atomic mass is 32.2. The fourth-order valence-corrected chi connectivity index (χ4v) is 3.50. The summed E-state index contributed by atoms with van der Waals surface area (Å²) < 4.78 is 6.28. The molecule has 0 bridgehead atoms. The quantitative estimate of drug-likeness (QED) is 0.384. The molecule has 0 aliphatic carbocycles. The summed E-state index contributed by atoms with van der Waals surface area (Å²) in [6.07, 6.45) is 0.